The van der Waals surface area contributed by atoms with Crippen molar-refractivity contribution >= 4 is 44.1 Å². The van der Waals surface area contributed by atoms with Gasteiger partial charge in [0, 0.05) is 9.35 Å². The SMILES string of the molecule is CCOC(=O)c1c(NC(=O)c2ccccc2Br)sc2c1CCCCCC2. The van der Waals surface area contributed by atoms with Crippen LogP contribution < -0.4 is 5.32 Å². The van der Waals surface area contributed by atoms with Crippen LogP contribution in [0.25, 0.3) is 0 Å². The van der Waals surface area contributed by atoms with Gasteiger partial charge >= 0.3 is 5.97 Å². The van der Waals surface area contributed by atoms with Gasteiger partial charge in [-0.2, -0.15) is 0 Å². The van der Waals surface area contributed by atoms with Crippen molar-refractivity contribution in [1.82, 2.24) is 0 Å². The monoisotopic (exact) mass is 435 g/mol. The van der Waals surface area contributed by atoms with E-state index in [9.17, 15) is 9.59 Å². The van der Waals surface area contributed by atoms with Crippen molar-refractivity contribution in [3.63, 3.8) is 0 Å². The second-order valence-electron chi connectivity index (χ2n) is 6.28. The summed E-state index contributed by atoms with van der Waals surface area (Å²) in [5.74, 6) is -0.565. The van der Waals surface area contributed by atoms with Crippen LogP contribution in [0.5, 0.6) is 0 Å². The maximum Gasteiger partial charge on any atom is 0.341 e. The molecule has 2 aromatic rings. The predicted octanol–water partition coefficient (Wildman–Crippen LogP) is 5.60. The molecular formula is C20H22BrNO3S. The molecule has 0 spiro atoms. The van der Waals surface area contributed by atoms with E-state index in [0.717, 1.165) is 35.7 Å². The maximum absolute atomic E-state index is 12.7. The van der Waals surface area contributed by atoms with E-state index in [4.69, 9.17) is 4.74 Å². The number of benzene rings is 1. The highest BCUT2D eigenvalue weighted by atomic mass is 79.9. The van der Waals surface area contributed by atoms with E-state index in [1.54, 1.807) is 13.0 Å². The summed E-state index contributed by atoms with van der Waals surface area (Å²) in [5.41, 5.74) is 2.16. The lowest BCUT2D eigenvalue weighted by molar-refractivity contribution is 0.0526. The molecule has 0 radical (unpaired) electrons. The number of aryl methyl sites for hydroxylation is 1. The van der Waals surface area contributed by atoms with Crippen LogP contribution >= 0.6 is 27.3 Å². The molecule has 1 heterocycles. The van der Waals surface area contributed by atoms with Crippen LogP contribution in [0.2, 0.25) is 0 Å². The smallest absolute Gasteiger partial charge is 0.341 e. The van der Waals surface area contributed by atoms with Crippen LogP contribution in [0.4, 0.5) is 5.00 Å². The Labute approximate surface area is 166 Å². The van der Waals surface area contributed by atoms with Crippen molar-refractivity contribution in [2.24, 2.45) is 0 Å². The lowest BCUT2D eigenvalue weighted by Gasteiger charge is -2.11. The molecular weight excluding hydrogens is 414 g/mol. The first kappa shape index (κ1) is 19.1. The highest BCUT2D eigenvalue weighted by Crippen LogP contribution is 2.38. The lowest BCUT2D eigenvalue weighted by atomic mass is 9.96. The zero-order chi connectivity index (χ0) is 18.5. The molecule has 4 nitrogen and oxygen atoms in total. The second kappa shape index (κ2) is 8.82. The standard InChI is InChI=1S/C20H22BrNO3S/c1-2-25-20(24)17-14-10-5-3-4-6-12-16(14)26-19(17)22-18(23)13-9-7-8-11-15(13)21/h7-9,11H,2-6,10,12H2,1H3,(H,22,23). The van der Waals surface area contributed by atoms with Crippen molar-refractivity contribution in [2.75, 3.05) is 11.9 Å². The Morgan fingerprint density at radius 1 is 1.15 bits per heavy atom. The molecule has 0 saturated heterocycles. The number of amides is 1. The predicted molar refractivity (Wildman–Crippen MR) is 108 cm³/mol. The summed E-state index contributed by atoms with van der Waals surface area (Å²) in [5, 5.41) is 3.56. The molecule has 0 atom stereocenters. The van der Waals surface area contributed by atoms with E-state index in [-0.39, 0.29) is 11.9 Å². The van der Waals surface area contributed by atoms with Gasteiger partial charge < -0.3 is 10.1 Å². The number of hydrogen-bond acceptors (Lipinski definition) is 4. The summed E-state index contributed by atoms with van der Waals surface area (Å²) in [4.78, 5) is 26.5. The third-order valence-corrected chi connectivity index (χ3v) is 6.40. The third kappa shape index (κ3) is 4.18. The molecule has 0 bridgehead atoms. The number of carbonyl (C=O) groups is 2. The summed E-state index contributed by atoms with van der Waals surface area (Å²) in [6.07, 6.45) is 6.39. The van der Waals surface area contributed by atoms with Crippen LogP contribution in [0, 0.1) is 0 Å². The van der Waals surface area contributed by atoms with Gasteiger partial charge in [0.2, 0.25) is 0 Å². The zero-order valence-electron chi connectivity index (χ0n) is 14.8. The van der Waals surface area contributed by atoms with Gasteiger partial charge in [-0.15, -0.1) is 11.3 Å². The Balaban J connectivity index is 1.97. The molecule has 1 amide bonds. The van der Waals surface area contributed by atoms with Crippen molar-refractivity contribution in [1.29, 1.82) is 0 Å². The van der Waals surface area contributed by atoms with Crippen molar-refractivity contribution in [3.8, 4) is 0 Å². The number of rotatable bonds is 4. The van der Waals surface area contributed by atoms with Gasteiger partial charge in [-0.3, -0.25) is 4.79 Å². The minimum absolute atomic E-state index is 0.225. The number of carbonyl (C=O) groups excluding carboxylic acids is 2. The molecule has 1 aliphatic carbocycles. The molecule has 3 rings (SSSR count). The van der Waals surface area contributed by atoms with Crippen LogP contribution in [0.15, 0.2) is 28.7 Å². The molecule has 1 aromatic carbocycles. The maximum atomic E-state index is 12.7. The van der Waals surface area contributed by atoms with Gasteiger partial charge in [-0.1, -0.05) is 25.0 Å². The quantitative estimate of drug-likeness (QED) is 0.635. The lowest BCUT2D eigenvalue weighted by Crippen LogP contribution is -2.16. The van der Waals surface area contributed by atoms with Crippen molar-refractivity contribution < 1.29 is 14.3 Å². The number of halogens is 1. The number of thiophene rings is 1. The van der Waals surface area contributed by atoms with Gasteiger partial charge in [-0.25, -0.2) is 4.79 Å². The van der Waals surface area contributed by atoms with Gasteiger partial charge in [-0.05, 0) is 66.2 Å². The first-order valence-electron chi connectivity index (χ1n) is 8.99. The highest BCUT2D eigenvalue weighted by molar-refractivity contribution is 9.10. The van der Waals surface area contributed by atoms with Crippen LogP contribution in [-0.4, -0.2) is 18.5 Å². The van der Waals surface area contributed by atoms with Crippen LogP contribution in [-0.2, 0) is 17.6 Å². The molecule has 1 aliphatic rings. The summed E-state index contributed by atoms with van der Waals surface area (Å²) < 4.78 is 6.01. The van der Waals surface area contributed by atoms with E-state index in [0.29, 0.717) is 22.7 Å². The summed E-state index contributed by atoms with van der Waals surface area (Å²) in [6.45, 7) is 2.12. The van der Waals surface area contributed by atoms with E-state index >= 15 is 0 Å². The van der Waals surface area contributed by atoms with Crippen LogP contribution in [0.1, 0.15) is 63.8 Å². The Kier molecular flexibility index (Phi) is 6.48. The fourth-order valence-corrected chi connectivity index (χ4v) is 4.98. The Hall–Kier alpha value is -1.66. The fourth-order valence-electron chi connectivity index (χ4n) is 3.24. The first-order chi connectivity index (χ1) is 12.6. The number of fused-ring (bicyclic) bond motifs is 1. The van der Waals surface area contributed by atoms with Crippen molar-refractivity contribution in [2.45, 2.75) is 45.4 Å². The number of hydrogen-bond donors (Lipinski definition) is 1. The molecule has 26 heavy (non-hydrogen) atoms. The largest absolute Gasteiger partial charge is 0.462 e. The Morgan fingerprint density at radius 2 is 1.88 bits per heavy atom. The molecule has 1 N–H and O–H groups in total. The van der Waals surface area contributed by atoms with Gasteiger partial charge in [0.25, 0.3) is 5.91 Å². The summed E-state index contributed by atoms with van der Waals surface area (Å²) in [7, 11) is 0. The third-order valence-electron chi connectivity index (χ3n) is 4.50. The number of anilines is 1. The molecule has 0 fully saturated rings. The molecule has 0 aliphatic heterocycles. The number of esters is 1. The van der Waals surface area contributed by atoms with Gasteiger partial charge in [0.1, 0.15) is 5.00 Å². The number of ether oxygens (including phenoxy) is 1. The van der Waals surface area contributed by atoms with Gasteiger partial charge in [0.05, 0.1) is 17.7 Å². The first-order valence-corrected chi connectivity index (χ1v) is 10.6. The van der Waals surface area contributed by atoms with E-state index in [1.165, 1.54) is 29.1 Å². The minimum atomic E-state index is -0.340. The molecule has 0 saturated carbocycles. The van der Waals surface area contributed by atoms with E-state index in [1.807, 2.05) is 18.2 Å². The molecule has 6 heteroatoms. The van der Waals surface area contributed by atoms with E-state index < -0.39 is 0 Å². The summed E-state index contributed by atoms with van der Waals surface area (Å²) >= 11 is 4.93. The molecule has 0 unspecified atom stereocenters. The second-order valence-corrected chi connectivity index (χ2v) is 8.24. The van der Waals surface area contributed by atoms with Crippen molar-refractivity contribution in [3.05, 3.63) is 50.3 Å². The topological polar surface area (TPSA) is 55.4 Å². The average Bonchev–Trinajstić information content (AvgIpc) is 2.92. The summed E-state index contributed by atoms with van der Waals surface area (Å²) in [6, 6.07) is 7.27. The molecule has 138 valence electrons. The Bertz CT molecular complexity index is 815. The zero-order valence-corrected chi connectivity index (χ0v) is 17.2. The van der Waals surface area contributed by atoms with Gasteiger partial charge in [0.15, 0.2) is 0 Å². The van der Waals surface area contributed by atoms with Crippen LogP contribution in [0.3, 0.4) is 0 Å². The fraction of sp³-hybridized carbons (Fsp3) is 0.400. The Morgan fingerprint density at radius 3 is 2.62 bits per heavy atom. The average molecular weight is 436 g/mol. The molecule has 1 aromatic heterocycles. The minimum Gasteiger partial charge on any atom is -0.462 e. The highest BCUT2D eigenvalue weighted by Gasteiger charge is 2.26. The van der Waals surface area contributed by atoms with E-state index in [2.05, 4.69) is 21.2 Å². The number of nitrogens with one attached hydrogen (secondary N) is 1. The normalized spacial score (nSPS) is 14.1.